The van der Waals surface area contributed by atoms with E-state index in [-0.39, 0.29) is 24.1 Å². The molecule has 9 heteroatoms. The Morgan fingerprint density at radius 3 is 2.34 bits per heavy atom. The quantitative estimate of drug-likeness (QED) is 0.319. The maximum Gasteiger partial charge on any atom is 0.242 e. The molecule has 0 radical (unpaired) electrons. The topological polar surface area (TPSA) is 49.4 Å². The molecule has 4 nitrogen and oxygen atoms in total. The number of nitrogens with one attached hydrogen (secondary N) is 1. The monoisotopic (exact) mass is 534 g/mol. The van der Waals surface area contributed by atoms with Gasteiger partial charge in [-0.15, -0.1) is 11.8 Å². The van der Waals surface area contributed by atoms with E-state index in [1.165, 1.54) is 16.7 Å². The lowest BCUT2D eigenvalue weighted by Crippen LogP contribution is -2.48. The first-order chi connectivity index (χ1) is 15.2. The largest absolute Gasteiger partial charge is 0.354 e. The zero-order valence-corrected chi connectivity index (χ0v) is 21.8. The van der Waals surface area contributed by atoms with Crippen LogP contribution in [0, 0.1) is 0 Å². The second-order valence-corrected chi connectivity index (χ2v) is 9.90. The third-order valence-electron chi connectivity index (χ3n) is 4.87. The number of nitrogens with zero attached hydrogens (tertiary/aromatic N) is 1. The molecule has 174 valence electrons. The Labute approximate surface area is 213 Å². The molecule has 0 aliphatic carbocycles. The number of rotatable bonds is 11. The second kappa shape index (κ2) is 13.6. The molecule has 0 saturated carbocycles. The fourth-order valence-electron chi connectivity index (χ4n) is 2.94. The molecule has 2 amide bonds. The Kier molecular flexibility index (Phi) is 11.5. The number of hydrogen-bond acceptors (Lipinski definition) is 3. The van der Waals surface area contributed by atoms with Crippen molar-refractivity contribution < 1.29 is 9.59 Å². The van der Waals surface area contributed by atoms with Crippen molar-refractivity contribution in [2.75, 3.05) is 12.3 Å². The molecule has 1 N–H and O–H groups in total. The van der Waals surface area contributed by atoms with E-state index in [0.717, 1.165) is 18.4 Å². The molecule has 2 aromatic rings. The van der Waals surface area contributed by atoms with Crippen molar-refractivity contribution in [2.45, 2.75) is 45.0 Å². The Morgan fingerprint density at radius 2 is 1.72 bits per heavy atom. The van der Waals surface area contributed by atoms with Crippen LogP contribution in [0.15, 0.2) is 36.4 Å². The number of carbonyl (C=O) groups excluding carboxylic acids is 2. The number of hydrogen-bond donors (Lipinski definition) is 1. The first-order valence-electron chi connectivity index (χ1n) is 10.3. The van der Waals surface area contributed by atoms with Crippen LogP contribution in [-0.2, 0) is 21.9 Å². The van der Waals surface area contributed by atoms with Gasteiger partial charge in [0.15, 0.2) is 0 Å². The van der Waals surface area contributed by atoms with E-state index in [1.54, 1.807) is 37.3 Å². The van der Waals surface area contributed by atoms with Gasteiger partial charge < -0.3 is 10.2 Å². The summed E-state index contributed by atoms with van der Waals surface area (Å²) in [5.41, 5.74) is 1.58. The van der Waals surface area contributed by atoms with Crippen molar-refractivity contribution in [3.63, 3.8) is 0 Å². The number of unbranched alkanes of at least 4 members (excludes halogenated alkanes) is 1. The molecule has 0 aliphatic heterocycles. The van der Waals surface area contributed by atoms with E-state index >= 15 is 0 Å². The summed E-state index contributed by atoms with van der Waals surface area (Å²) < 4.78 is 0. The standard InChI is InChI=1S/C23H26Cl4N2O2S/c1-3-4-10-28-23(31)15(2)29(12-17-18(24)6-5-7-19(17)25)22(30)14-32-13-16-8-9-20(26)21(27)11-16/h5-9,11,15H,3-4,10,12-14H2,1-2H3,(H,28,31)/t15-/m0/s1. The molecule has 32 heavy (non-hydrogen) atoms. The van der Waals surface area contributed by atoms with Gasteiger partial charge in [0.1, 0.15) is 6.04 Å². The fraction of sp³-hybridized carbons (Fsp3) is 0.391. The molecular weight excluding hydrogens is 510 g/mol. The van der Waals surface area contributed by atoms with E-state index in [9.17, 15) is 9.59 Å². The first kappa shape index (κ1) is 27.1. The minimum absolute atomic E-state index is 0.146. The Bertz CT molecular complexity index is 922. The summed E-state index contributed by atoms with van der Waals surface area (Å²) in [7, 11) is 0. The normalized spacial score (nSPS) is 11.8. The van der Waals surface area contributed by atoms with Crippen LogP contribution in [-0.4, -0.2) is 35.1 Å². The Hall–Kier alpha value is -1.11. The van der Waals surface area contributed by atoms with Crippen LogP contribution in [0.25, 0.3) is 0 Å². The van der Waals surface area contributed by atoms with Gasteiger partial charge in [0.05, 0.1) is 15.8 Å². The molecule has 0 unspecified atom stereocenters. The second-order valence-electron chi connectivity index (χ2n) is 7.28. The van der Waals surface area contributed by atoms with Crippen molar-refractivity contribution in [3.05, 3.63) is 67.6 Å². The van der Waals surface area contributed by atoms with Gasteiger partial charge >= 0.3 is 0 Å². The molecule has 2 rings (SSSR count). The van der Waals surface area contributed by atoms with E-state index in [4.69, 9.17) is 46.4 Å². The van der Waals surface area contributed by atoms with Crippen molar-refractivity contribution in [3.8, 4) is 0 Å². The summed E-state index contributed by atoms with van der Waals surface area (Å²) in [6, 6.07) is 9.90. The van der Waals surface area contributed by atoms with Gasteiger partial charge in [-0.3, -0.25) is 9.59 Å². The Morgan fingerprint density at radius 1 is 1.03 bits per heavy atom. The van der Waals surface area contributed by atoms with Crippen molar-refractivity contribution in [2.24, 2.45) is 0 Å². The zero-order chi connectivity index (χ0) is 23.7. The van der Waals surface area contributed by atoms with E-state index in [2.05, 4.69) is 12.2 Å². The molecule has 2 aromatic carbocycles. The Balaban J connectivity index is 2.11. The average Bonchev–Trinajstić information content (AvgIpc) is 2.75. The molecule has 1 atom stereocenters. The summed E-state index contributed by atoms with van der Waals surface area (Å²) in [6.07, 6.45) is 1.85. The van der Waals surface area contributed by atoms with Gasteiger partial charge in [-0.2, -0.15) is 0 Å². The highest BCUT2D eigenvalue weighted by atomic mass is 35.5. The summed E-state index contributed by atoms with van der Waals surface area (Å²) in [6.45, 7) is 4.48. The van der Waals surface area contributed by atoms with Crippen molar-refractivity contribution >= 4 is 70.0 Å². The number of halogens is 4. The summed E-state index contributed by atoms with van der Waals surface area (Å²) in [4.78, 5) is 27.4. The summed E-state index contributed by atoms with van der Waals surface area (Å²) in [5.74, 6) is 0.392. The predicted octanol–water partition coefficient (Wildman–Crippen LogP) is 6.87. The molecule has 0 saturated heterocycles. The number of carbonyl (C=O) groups is 2. The SMILES string of the molecule is CCCCNC(=O)[C@H](C)N(Cc1c(Cl)cccc1Cl)C(=O)CSCc1ccc(Cl)c(Cl)c1. The molecule has 0 aromatic heterocycles. The van der Waals surface area contributed by atoms with Crippen LogP contribution in [0.4, 0.5) is 0 Å². The van der Waals surface area contributed by atoms with Gasteiger partial charge in [0, 0.05) is 34.5 Å². The molecule has 0 spiro atoms. The number of benzene rings is 2. The third kappa shape index (κ3) is 8.03. The smallest absolute Gasteiger partial charge is 0.242 e. The highest BCUT2D eigenvalue weighted by molar-refractivity contribution is 7.99. The third-order valence-corrected chi connectivity index (χ3v) is 7.30. The minimum Gasteiger partial charge on any atom is -0.354 e. The molecular formula is C23H26Cl4N2O2S. The van der Waals surface area contributed by atoms with E-state index < -0.39 is 6.04 Å². The van der Waals surface area contributed by atoms with Crippen LogP contribution >= 0.6 is 58.2 Å². The average molecular weight is 536 g/mol. The van der Waals surface area contributed by atoms with Crippen LogP contribution in [0.2, 0.25) is 20.1 Å². The van der Waals surface area contributed by atoms with Crippen LogP contribution < -0.4 is 5.32 Å². The van der Waals surface area contributed by atoms with Crippen molar-refractivity contribution in [1.82, 2.24) is 10.2 Å². The molecule has 0 bridgehead atoms. The molecule has 0 aliphatic rings. The first-order valence-corrected chi connectivity index (χ1v) is 12.9. The minimum atomic E-state index is -0.669. The molecule has 0 heterocycles. The summed E-state index contributed by atoms with van der Waals surface area (Å²) in [5, 5.41) is 4.77. The van der Waals surface area contributed by atoms with Crippen LogP contribution in [0.3, 0.4) is 0 Å². The van der Waals surface area contributed by atoms with Gasteiger partial charge in [0.2, 0.25) is 11.8 Å². The van der Waals surface area contributed by atoms with E-state index in [0.29, 0.717) is 38.0 Å². The van der Waals surface area contributed by atoms with Gasteiger partial charge in [-0.25, -0.2) is 0 Å². The van der Waals surface area contributed by atoms with Gasteiger partial charge in [-0.05, 0) is 43.2 Å². The maximum absolute atomic E-state index is 13.1. The number of amides is 2. The van der Waals surface area contributed by atoms with E-state index in [1.807, 2.05) is 6.07 Å². The lowest BCUT2D eigenvalue weighted by atomic mass is 10.1. The number of thioether (sulfide) groups is 1. The van der Waals surface area contributed by atoms with Crippen molar-refractivity contribution in [1.29, 1.82) is 0 Å². The van der Waals surface area contributed by atoms with Crippen LogP contribution in [0.5, 0.6) is 0 Å². The highest BCUT2D eigenvalue weighted by Crippen LogP contribution is 2.28. The van der Waals surface area contributed by atoms with Gasteiger partial charge in [0.25, 0.3) is 0 Å². The fourth-order valence-corrected chi connectivity index (χ4v) is 4.64. The highest BCUT2D eigenvalue weighted by Gasteiger charge is 2.27. The summed E-state index contributed by atoms with van der Waals surface area (Å²) >= 11 is 26.1. The predicted molar refractivity (Wildman–Crippen MR) is 137 cm³/mol. The lowest BCUT2D eigenvalue weighted by Gasteiger charge is -2.29. The molecule has 0 fully saturated rings. The zero-order valence-electron chi connectivity index (χ0n) is 18.0. The maximum atomic E-state index is 13.1. The van der Waals surface area contributed by atoms with Gasteiger partial charge in [-0.1, -0.05) is 71.9 Å². The lowest BCUT2D eigenvalue weighted by molar-refractivity contribution is -0.138. The van der Waals surface area contributed by atoms with Crippen LogP contribution in [0.1, 0.15) is 37.8 Å².